The van der Waals surface area contributed by atoms with Gasteiger partial charge in [-0.05, 0) is 37.1 Å². The van der Waals surface area contributed by atoms with Crippen molar-refractivity contribution in [3.05, 3.63) is 29.6 Å². The number of rotatable bonds is 5. The fraction of sp³-hybridized carbons (Fsp3) is 0.571. The van der Waals surface area contributed by atoms with Crippen LogP contribution in [0.1, 0.15) is 25.3 Å². The van der Waals surface area contributed by atoms with Crippen molar-refractivity contribution in [1.82, 2.24) is 9.62 Å². The Morgan fingerprint density at radius 2 is 2.20 bits per heavy atom. The first kappa shape index (κ1) is 15.4. The average molecular weight is 300 g/mol. The Morgan fingerprint density at radius 1 is 1.45 bits per heavy atom. The van der Waals surface area contributed by atoms with Gasteiger partial charge in [-0.1, -0.05) is 19.4 Å². The minimum atomic E-state index is -3.72. The van der Waals surface area contributed by atoms with Crippen molar-refractivity contribution in [3.63, 3.8) is 0 Å². The molecule has 6 heteroatoms. The molecule has 1 fully saturated rings. The van der Waals surface area contributed by atoms with Crippen LogP contribution < -0.4 is 5.32 Å². The number of benzene rings is 1. The normalized spacial score (nSPS) is 20.4. The summed E-state index contributed by atoms with van der Waals surface area (Å²) in [4.78, 5) is -0.206. The van der Waals surface area contributed by atoms with E-state index in [1.165, 1.54) is 16.4 Å². The van der Waals surface area contributed by atoms with Gasteiger partial charge in [0.05, 0.1) is 0 Å². The van der Waals surface area contributed by atoms with Crippen molar-refractivity contribution >= 4 is 10.0 Å². The molecule has 1 heterocycles. The van der Waals surface area contributed by atoms with Gasteiger partial charge in [0.15, 0.2) is 0 Å². The van der Waals surface area contributed by atoms with Crippen molar-refractivity contribution in [2.45, 2.75) is 31.2 Å². The van der Waals surface area contributed by atoms with E-state index in [-0.39, 0.29) is 4.90 Å². The Labute approximate surface area is 120 Å². The standard InChI is InChI=1S/C14H21FN2O2S/c1-3-11-6-7-17(10-11)20(18,19)14-8-12(9-16-2)4-5-13(14)15/h4-5,8,11,16H,3,6-7,9-10H2,1-2H3. The molecule has 1 aliphatic heterocycles. The highest BCUT2D eigenvalue weighted by Crippen LogP contribution is 2.27. The number of hydrogen-bond acceptors (Lipinski definition) is 3. The van der Waals surface area contributed by atoms with Crippen LogP contribution in [0.3, 0.4) is 0 Å². The molecule has 1 aliphatic rings. The van der Waals surface area contributed by atoms with Crippen molar-refractivity contribution in [2.24, 2.45) is 5.92 Å². The first-order chi connectivity index (χ1) is 9.48. The van der Waals surface area contributed by atoms with Crippen LogP contribution in [-0.4, -0.2) is 32.9 Å². The van der Waals surface area contributed by atoms with Crippen molar-refractivity contribution < 1.29 is 12.8 Å². The third kappa shape index (κ3) is 3.02. The zero-order chi connectivity index (χ0) is 14.8. The molecule has 1 aromatic carbocycles. The Kier molecular flexibility index (Phi) is 4.78. The minimum absolute atomic E-state index is 0.206. The Hall–Kier alpha value is -0.980. The van der Waals surface area contributed by atoms with E-state index in [1.54, 1.807) is 13.1 Å². The molecule has 4 nitrogen and oxygen atoms in total. The summed E-state index contributed by atoms with van der Waals surface area (Å²) in [6.07, 6.45) is 1.81. The predicted molar refractivity (Wildman–Crippen MR) is 76.3 cm³/mol. The molecule has 1 N–H and O–H groups in total. The van der Waals surface area contributed by atoms with Gasteiger partial charge in [0.2, 0.25) is 10.0 Å². The summed E-state index contributed by atoms with van der Waals surface area (Å²) >= 11 is 0. The van der Waals surface area contributed by atoms with Crippen LogP contribution in [0.4, 0.5) is 4.39 Å². The zero-order valence-corrected chi connectivity index (χ0v) is 12.7. The second kappa shape index (κ2) is 6.20. The first-order valence-corrected chi connectivity index (χ1v) is 8.36. The number of nitrogens with one attached hydrogen (secondary N) is 1. The summed E-state index contributed by atoms with van der Waals surface area (Å²) in [7, 11) is -1.95. The van der Waals surface area contributed by atoms with Crippen LogP contribution in [0.5, 0.6) is 0 Å². The number of sulfonamides is 1. The van der Waals surface area contributed by atoms with Gasteiger partial charge in [-0.25, -0.2) is 12.8 Å². The maximum atomic E-state index is 13.9. The van der Waals surface area contributed by atoms with E-state index in [1.807, 2.05) is 0 Å². The molecule has 0 aromatic heterocycles. The van der Waals surface area contributed by atoms with Crippen molar-refractivity contribution in [2.75, 3.05) is 20.1 Å². The lowest BCUT2D eigenvalue weighted by molar-refractivity contribution is 0.447. The molecule has 0 saturated carbocycles. The van der Waals surface area contributed by atoms with Gasteiger partial charge < -0.3 is 5.32 Å². The van der Waals surface area contributed by atoms with Gasteiger partial charge in [-0.3, -0.25) is 0 Å². The van der Waals surface area contributed by atoms with Crippen molar-refractivity contribution in [1.29, 1.82) is 0 Å². The molecule has 0 amide bonds. The van der Waals surface area contributed by atoms with Crippen LogP contribution in [0, 0.1) is 11.7 Å². The molecule has 1 saturated heterocycles. The van der Waals surface area contributed by atoms with E-state index >= 15 is 0 Å². The van der Waals surface area contributed by atoms with E-state index in [0.29, 0.717) is 25.6 Å². The minimum Gasteiger partial charge on any atom is -0.316 e. The van der Waals surface area contributed by atoms with Crippen LogP contribution in [0.25, 0.3) is 0 Å². The topological polar surface area (TPSA) is 49.4 Å². The Balaban J connectivity index is 2.32. The molecular formula is C14H21FN2O2S. The first-order valence-electron chi connectivity index (χ1n) is 6.92. The van der Waals surface area contributed by atoms with E-state index in [9.17, 15) is 12.8 Å². The van der Waals surface area contributed by atoms with Crippen LogP contribution in [0.2, 0.25) is 0 Å². The molecule has 112 valence electrons. The quantitative estimate of drug-likeness (QED) is 0.904. The van der Waals surface area contributed by atoms with E-state index in [4.69, 9.17) is 0 Å². The second-order valence-electron chi connectivity index (χ2n) is 5.22. The zero-order valence-electron chi connectivity index (χ0n) is 11.9. The van der Waals surface area contributed by atoms with Gasteiger partial charge in [0.25, 0.3) is 0 Å². The predicted octanol–water partition coefficient (Wildman–Crippen LogP) is 1.97. The molecule has 0 radical (unpaired) electrons. The lowest BCUT2D eigenvalue weighted by atomic mass is 10.1. The van der Waals surface area contributed by atoms with Crippen LogP contribution in [0.15, 0.2) is 23.1 Å². The van der Waals surface area contributed by atoms with Gasteiger partial charge in [0.1, 0.15) is 10.7 Å². The maximum Gasteiger partial charge on any atom is 0.246 e. The summed E-state index contributed by atoms with van der Waals surface area (Å²) < 4.78 is 40.4. The summed E-state index contributed by atoms with van der Waals surface area (Å²) in [6.45, 7) is 3.54. The van der Waals surface area contributed by atoms with Crippen molar-refractivity contribution in [3.8, 4) is 0 Å². The Morgan fingerprint density at radius 3 is 2.80 bits per heavy atom. The smallest absolute Gasteiger partial charge is 0.246 e. The summed E-state index contributed by atoms with van der Waals surface area (Å²) in [5, 5.41) is 2.94. The van der Waals surface area contributed by atoms with E-state index < -0.39 is 15.8 Å². The van der Waals surface area contributed by atoms with E-state index in [2.05, 4.69) is 12.2 Å². The molecular weight excluding hydrogens is 279 g/mol. The number of nitrogens with zero attached hydrogens (tertiary/aromatic N) is 1. The molecule has 1 unspecified atom stereocenters. The lowest BCUT2D eigenvalue weighted by Crippen LogP contribution is -2.29. The molecule has 1 atom stereocenters. The van der Waals surface area contributed by atoms with Crippen LogP contribution >= 0.6 is 0 Å². The van der Waals surface area contributed by atoms with Gasteiger partial charge >= 0.3 is 0 Å². The highest BCUT2D eigenvalue weighted by molar-refractivity contribution is 7.89. The third-order valence-electron chi connectivity index (χ3n) is 3.82. The third-order valence-corrected chi connectivity index (χ3v) is 5.70. The molecule has 0 aliphatic carbocycles. The molecule has 0 bridgehead atoms. The summed E-state index contributed by atoms with van der Waals surface area (Å²) in [5.74, 6) is -0.293. The summed E-state index contributed by atoms with van der Waals surface area (Å²) in [5.41, 5.74) is 0.763. The molecule has 0 spiro atoms. The highest BCUT2D eigenvalue weighted by atomic mass is 32.2. The second-order valence-corrected chi connectivity index (χ2v) is 7.13. The Bertz CT molecular complexity index is 575. The monoisotopic (exact) mass is 300 g/mol. The fourth-order valence-electron chi connectivity index (χ4n) is 2.55. The largest absolute Gasteiger partial charge is 0.316 e. The fourth-order valence-corrected chi connectivity index (χ4v) is 4.19. The van der Waals surface area contributed by atoms with Crippen LogP contribution in [-0.2, 0) is 16.6 Å². The number of halogens is 1. The molecule has 1 aromatic rings. The van der Waals surface area contributed by atoms with Gasteiger partial charge in [-0.15, -0.1) is 0 Å². The number of hydrogen-bond donors (Lipinski definition) is 1. The molecule has 20 heavy (non-hydrogen) atoms. The highest BCUT2D eigenvalue weighted by Gasteiger charge is 2.33. The summed E-state index contributed by atoms with van der Waals surface area (Å²) in [6, 6.07) is 4.26. The lowest BCUT2D eigenvalue weighted by Gasteiger charge is -2.17. The van der Waals surface area contributed by atoms with E-state index in [0.717, 1.165) is 18.4 Å². The average Bonchev–Trinajstić information content (AvgIpc) is 2.90. The van der Waals surface area contributed by atoms with Gasteiger partial charge in [-0.2, -0.15) is 4.31 Å². The SMILES string of the molecule is CCC1CCN(S(=O)(=O)c2cc(CNC)ccc2F)C1. The maximum absolute atomic E-state index is 13.9. The molecule has 2 rings (SSSR count). The van der Waals surface area contributed by atoms with Gasteiger partial charge in [0, 0.05) is 19.6 Å².